The summed E-state index contributed by atoms with van der Waals surface area (Å²) in [6.07, 6.45) is 4.67. The van der Waals surface area contributed by atoms with Crippen LogP contribution < -0.4 is 5.32 Å². The van der Waals surface area contributed by atoms with E-state index in [1.165, 1.54) is 12.8 Å². The summed E-state index contributed by atoms with van der Waals surface area (Å²) < 4.78 is 2.04. The van der Waals surface area contributed by atoms with E-state index in [1.807, 2.05) is 36.7 Å². The van der Waals surface area contributed by atoms with Gasteiger partial charge in [0.05, 0.1) is 11.0 Å². The molecule has 1 saturated carbocycles. The monoisotopic (exact) mass is 257 g/mol. The van der Waals surface area contributed by atoms with Gasteiger partial charge in [-0.05, 0) is 38.0 Å². The smallest absolute Gasteiger partial charge is 0.251 e. The third-order valence-corrected chi connectivity index (χ3v) is 4.06. The number of fused-ring (bicyclic) bond motifs is 1. The molecule has 0 radical (unpaired) electrons. The third-order valence-electron chi connectivity index (χ3n) is 4.06. The van der Waals surface area contributed by atoms with Gasteiger partial charge in [0.15, 0.2) is 0 Å². The van der Waals surface area contributed by atoms with E-state index in [0.29, 0.717) is 11.6 Å². The van der Waals surface area contributed by atoms with Crippen molar-refractivity contribution in [2.45, 2.75) is 38.6 Å². The Bertz CT molecular complexity index is 624. The molecule has 0 unspecified atom stereocenters. The van der Waals surface area contributed by atoms with Crippen LogP contribution in [0.25, 0.3) is 11.0 Å². The highest BCUT2D eigenvalue weighted by Crippen LogP contribution is 2.19. The van der Waals surface area contributed by atoms with Crippen LogP contribution in [0.4, 0.5) is 0 Å². The van der Waals surface area contributed by atoms with Gasteiger partial charge in [-0.2, -0.15) is 0 Å². The molecule has 0 bridgehead atoms. The van der Waals surface area contributed by atoms with Crippen molar-refractivity contribution in [2.75, 3.05) is 0 Å². The zero-order valence-electron chi connectivity index (χ0n) is 11.4. The first-order valence-electron chi connectivity index (χ1n) is 6.89. The lowest BCUT2D eigenvalue weighted by Gasteiger charge is -2.11. The minimum Gasteiger partial charge on any atom is -0.349 e. The molecule has 1 amide bonds. The summed E-state index contributed by atoms with van der Waals surface area (Å²) in [5, 5.41) is 3.11. The Kier molecular flexibility index (Phi) is 3.01. The number of hydrogen-bond acceptors (Lipinski definition) is 2. The average molecular weight is 257 g/mol. The van der Waals surface area contributed by atoms with E-state index in [-0.39, 0.29) is 5.91 Å². The normalized spacial score (nSPS) is 16.1. The number of rotatable bonds is 2. The molecule has 0 saturated heterocycles. The number of hydrogen-bond donors (Lipinski definition) is 1. The SMILES string of the molecule is Cc1nc2cc(C(=O)NC3CCCC3)ccc2n1C. The van der Waals surface area contributed by atoms with Crippen molar-refractivity contribution in [1.29, 1.82) is 0 Å². The fraction of sp³-hybridized carbons (Fsp3) is 0.467. The average Bonchev–Trinajstić information content (AvgIpc) is 2.99. The van der Waals surface area contributed by atoms with Gasteiger partial charge in [-0.15, -0.1) is 0 Å². The maximum absolute atomic E-state index is 12.2. The largest absolute Gasteiger partial charge is 0.349 e. The third kappa shape index (κ3) is 2.23. The molecule has 3 rings (SSSR count). The molecular weight excluding hydrogens is 238 g/mol. The number of nitrogens with one attached hydrogen (secondary N) is 1. The van der Waals surface area contributed by atoms with Crippen molar-refractivity contribution in [1.82, 2.24) is 14.9 Å². The van der Waals surface area contributed by atoms with Crippen molar-refractivity contribution in [3.63, 3.8) is 0 Å². The second kappa shape index (κ2) is 4.68. The fourth-order valence-electron chi connectivity index (χ4n) is 2.80. The van der Waals surface area contributed by atoms with E-state index < -0.39 is 0 Å². The molecule has 1 aliphatic rings. The summed E-state index contributed by atoms with van der Waals surface area (Å²) in [4.78, 5) is 16.7. The summed E-state index contributed by atoms with van der Waals surface area (Å²) in [6, 6.07) is 6.09. The summed E-state index contributed by atoms with van der Waals surface area (Å²) in [5.74, 6) is 0.987. The molecule has 0 aliphatic heterocycles. The second-order valence-electron chi connectivity index (χ2n) is 5.38. The molecule has 1 aliphatic carbocycles. The minimum absolute atomic E-state index is 0.0251. The number of carbonyl (C=O) groups excluding carboxylic acids is 1. The number of benzene rings is 1. The first kappa shape index (κ1) is 12.2. The van der Waals surface area contributed by atoms with Crippen molar-refractivity contribution in [3.8, 4) is 0 Å². The standard InChI is InChI=1S/C15H19N3O/c1-10-16-13-9-11(7-8-14(13)18(10)2)15(19)17-12-5-3-4-6-12/h7-9,12H,3-6H2,1-2H3,(H,17,19). The summed E-state index contributed by atoms with van der Waals surface area (Å²) in [7, 11) is 1.99. The molecule has 1 fully saturated rings. The molecule has 100 valence electrons. The molecule has 0 atom stereocenters. The van der Waals surface area contributed by atoms with Crippen LogP contribution in [0.1, 0.15) is 41.9 Å². The maximum Gasteiger partial charge on any atom is 0.251 e. The Morgan fingerprint density at radius 3 is 2.84 bits per heavy atom. The zero-order valence-corrected chi connectivity index (χ0v) is 11.4. The van der Waals surface area contributed by atoms with Crippen LogP contribution >= 0.6 is 0 Å². The van der Waals surface area contributed by atoms with E-state index in [9.17, 15) is 4.79 Å². The number of nitrogens with zero attached hydrogens (tertiary/aromatic N) is 2. The first-order valence-corrected chi connectivity index (χ1v) is 6.89. The summed E-state index contributed by atoms with van der Waals surface area (Å²) in [6.45, 7) is 1.97. The van der Waals surface area contributed by atoms with Crippen LogP contribution in [0, 0.1) is 6.92 Å². The van der Waals surface area contributed by atoms with E-state index in [1.54, 1.807) is 0 Å². The number of aryl methyl sites for hydroxylation is 2. The Labute approximate surface area is 112 Å². The highest BCUT2D eigenvalue weighted by atomic mass is 16.1. The Morgan fingerprint density at radius 1 is 1.37 bits per heavy atom. The molecule has 2 aromatic rings. The number of carbonyl (C=O) groups is 1. The molecule has 1 heterocycles. The van der Waals surface area contributed by atoms with Gasteiger partial charge >= 0.3 is 0 Å². The number of amides is 1. The predicted octanol–water partition coefficient (Wildman–Crippen LogP) is 2.55. The topological polar surface area (TPSA) is 46.9 Å². The summed E-state index contributed by atoms with van der Waals surface area (Å²) in [5.41, 5.74) is 2.66. The highest BCUT2D eigenvalue weighted by molar-refractivity contribution is 5.97. The van der Waals surface area contributed by atoms with Gasteiger partial charge in [0.1, 0.15) is 5.82 Å². The molecular formula is C15H19N3O. The number of imidazole rings is 1. The van der Waals surface area contributed by atoms with Crippen LogP contribution in [0.5, 0.6) is 0 Å². The Hall–Kier alpha value is -1.84. The van der Waals surface area contributed by atoms with Gasteiger partial charge in [-0.25, -0.2) is 4.98 Å². The Balaban J connectivity index is 1.86. The van der Waals surface area contributed by atoms with Gasteiger partial charge in [0.25, 0.3) is 5.91 Å². The van der Waals surface area contributed by atoms with Gasteiger partial charge < -0.3 is 9.88 Å². The lowest BCUT2D eigenvalue weighted by Crippen LogP contribution is -2.32. The molecule has 1 aromatic heterocycles. The van der Waals surface area contributed by atoms with Crippen LogP contribution in [0.3, 0.4) is 0 Å². The van der Waals surface area contributed by atoms with Crippen molar-refractivity contribution in [3.05, 3.63) is 29.6 Å². The molecule has 1 N–H and O–H groups in total. The molecule has 1 aromatic carbocycles. The van der Waals surface area contributed by atoms with E-state index in [0.717, 1.165) is 29.7 Å². The van der Waals surface area contributed by atoms with Crippen molar-refractivity contribution >= 4 is 16.9 Å². The van der Waals surface area contributed by atoms with Crippen LogP contribution in [-0.2, 0) is 7.05 Å². The van der Waals surface area contributed by atoms with Crippen molar-refractivity contribution in [2.24, 2.45) is 7.05 Å². The lowest BCUT2D eigenvalue weighted by molar-refractivity contribution is 0.0938. The predicted molar refractivity (Wildman–Crippen MR) is 75.2 cm³/mol. The van der Waals surface area contributed by atoms with Crippen LogP contribution in [0.2, 0.25) is 0 Å². The van der Waals surface area contributed by atoms with Crippen LogP contribution in [-0.4, -0.2) is 21.5 Å². The van der Waals surface area contributed by atoms with E-state index in [4.69, 9.17) is 0 Å². The Morgan fingerprint density at radius 2 is 2.11 bits per heavy atom. The summed E-state index contributed by atoms with van der Waals surface area (Å²) >= 11 is 0. The van der Waals surface area contributed by atoms with Gasteiger partial charge in [-0.1, -0.05) is 12.8 Å². The second-order valence-corrected chi connectivity index (χ2v) is 5.38. The molecule has 4 nitrogen and oxygen atoms in total. The minimum atomic E-state index is 0.0251. The van der Waals surface area contributed by atoms with Crippen molar-refractivity contribution < 1.29 is 4.79 Å². The quantitative estimate of drug-likeness (QED) is 0.898. The first-order chi connectivity index (χ1) is 9.15. The zero-order chi connectivity index (χ0) is 13.4. The molecule has 4 heteroatoms. The molecule has 19 heavy (non-hydrogen) atoms. The highest BCUT2D eigenvalue weighted by Gasteiger charge is 2.18. The number of aromatic nitrogens is 2. The molecule has 0 spiro atoms. The fourth-order valence-corrected chi connectivity index (χ4v) is 2.80. The van der Waals surface area contributed by atoms with Gasteiger partial charge in [-0.3, -0.25) is 4.79 Å². The maximum atomic E-state index is 12.2. The lowest BCUT2D eigenvalue weighted by atomic mass is 10.1. The van der Waals surface area contributed by atoms with Gasteiger partial charge in [0.2, 0.25) is 0 Å². The van der Waals surface area contributed by atoms with E-state index >= 15 is 0 Å². The van der Waals surface area contributed by atoms with Gasteiger partial charge in [0, 0.05) is 18.7 Å². The van der Waals surface area contributed by atoms with E-state index in [2.05, 4.69) is 10.3 Å². The van der Waals surface area contributed by atoms with Crippen LogP contribution in [0.15, 0.2) is 18.2 Å².